The number of aromatic nitrogens is 5. The van der Waals surface area contributed by atoms with Gasteiger partial charge in [0.15, 0.2) is 5.82 Å². The molecule has 0 radical (unpaired) electrons. The van der Waals surface area contributed by atoms with Crippen LogP contribution in [0.2, 0.25) is 0 Å². The Kier molecular flexibility index (Phi) is 5.22. The molecule has 2 amide bonds. The van der Waals surface area contributed by atoms with Crippen molar-refractivity contribution in [2.45, 2.75) is 56.6 Å². The van der Waals surface area contributed by atoms with E-state index in [1.807, 2.05) is 18.7 Å². The Balaban J connectivity index is 1.31. The van der Waals surface area contributed by atoms with E-state index < -0.39 is 18.8 Å². The van der Waals surface area contributed by atoms with Crippen LogP contribution in [-0.4, -0.2) is 90.5 Å². The second-order valence-corrected chi connectivity index (χ2v) is 10.9. The molecule has 4 N–H and O–H groups in total. The van der Waals surface area contributed by atoms with Crippen LogP contribution < -0.4 is 15.5 Å². The number of amides is 2. The van der Waals surface area contributed by atoms with Crippen molar-refractivity contribution < 1.29 is 23.1 Å². The minimum atomic E-state index is -4.48. The molecule has 2 aliphatic heterocycles. The number of hydrogen-bond donors (Lipinski definition) is 4. The molecule has 1 spiro atoms. The highest BCUT2D eigenvalue weighted by Gasteiger charge is 2.54. The summed E-state index contributed by atoms with van der Waals surface area (Å²) in [5, 5.41) is 27.6. The van der Waals surface area contributed by atoms with Gasteiger partial charge in [0.05, 0.1) is 40.1 Å². The molecular formula is C23H28F3N9O2. The Morgan fingerprint density at radius 1 is 1.27 bits per heavy atom. The van der Waals surface area contributed by atoms with Gasteiger partial charge in [-0.2, -0.15) is 23.4 Å². The third-order valence-corrected chi connectivity index (χ3v) is 7.34. The maximum atomic E-state index is 13.3. The maximum Gasteiger partial charge on any atom is 0.408 e. The average Bonchev–Trinajstić information content (AvgIpc) is 3.30. The molecule has 1 aliphatic carbocycles. The number of pyridine rings is 1. The van der Waals surface area contributed by atoms with Crippen LogP contribution in [0.25, 0.3) is 22.3 Å². The second kappa shape index (κ2) is 8.05. The van der Waals surface area contributed by atoms with Gasteiger partial charge in [0.1, 0.15) is 12.2 Å². The lowest BCUT2D eigenvalue weighted by molar-refractivity contribution is -0.141. The smallest absolute Gasteiger partial charge is 0.389 e. The molecule has 0 atom stereocenters. The molecule has 3 aromatic rings. The van der Waals surface area contributed by atoms with Crippen molar-refractivity contribution in [2.75, 3.05) is 36.4 Å². The Labute approximate surface area is 210 Å². The number of H-pyrrole nitrogens is 1. The lowest BCUT2D eigenvalue weighted by atomic mass is 9.98. The van der Waals surface area contributed by atoms with Crippen LogP contribution in [0, 0.1) is 0 Å². The van der Waals surface area contributed by atoms with E-state index >= 15 is 0 Å². The number of carbonyl (C=O) groups is 1. The number of alkyl halides is 3. The van der Waals surface area contributed by atoms with Crippen molar-refractivity contribution in [3.63, 3.8) is 0 Å². The number of aliphatic hydroxyl groups excluding tert-OH is 1. The summed E-state index contributed by atoms with van der Waals surface area (Å²) in [6, 6.07) is 1.25. The molecule has 2 saturated heterocycles. The van der Waals surface area contributed by atoms with Crippen molar-refractivity contribution in [3.8, 4) is 11.4 Å². The van der Waals surface area contributed by atoms with E-state index in [0.29, 0.717) is 47.9 Å². The summed E-state index contributed by atoms with van der Waals surface area (Å²) < 4.78 is 40.8. The largest absolute Gasteiger partial charge is 0.408 e. The molecular weight excluding hydrogens is 491 g/mol. The Morgan fingerprint density at radius 2 is 2.03 bits per heavy atom. The predicted octanol–water partition coefficient (Wildman–Crippen LogP) is 2.31. The number of urea groups is 1. The molecule has 3 aromatic heterocycles. The van der Waals surface area contributed by atoms with E-state index in [4.69, 9.17) is 0 Å². The zero-order valence-corrected chi connectivity index (χ0v) is 20.4. The fourth-order valence-corrected chi connectivity index (χ4v) is 5.10. The molecule has 14 heteroatoms. The highest BCUT2D eigenvalue weighted by Crippen LogP contribution is 2.44. The molecule has 198 valence electrons. The van der Waals surface area contributed by atoms with Gasteiger partial charge in [-0.1, -0.05) is 0 Å². The van der Waals surface area contributed by atoms with E-state index in [2.05, 4.69) is 30.9 Å². The lowest BCUT2D eigenvalue weighted by Gasteiger charge is -2.45. The summed E-state index contributed by atoms with van der Waals surface area (Å²) in [6.45, 7) is 4.68. The van der Waals surface area contributed by atoms with Crippen molar-refractivity contribution in [1.82, 2.24) is 35.2 Å². The fraction of sp³-hybridized carbons (Fsp3) is 0.565. The second-order valence-electron chi connectivity index (χ2n) is 10.9. The van der Waals surface area contributed by atoms with E-state index in [9.17, 15) is 23.1 Å². The summed E-state index contributed by atoms with van der Waals surface area (Å²) in [7, 11) is 0. The number of piperazine rings is 1. The molecule has 5 heterocycles. The summed E-state index contributed by atoms with van der Waals surface area (Å²) in [6.07, 6.45) is -0.223. The number of anilines is 2. The van der Waals surface area contributed by atoms with Gasteiger partial charge in [0, 0.05) is 37.9 Å². The van der Waals surface area contributed by atoms with Crippen LogP contribution in [-0.2, 0) is 6.54 Å². The molecule has 1 saturated carbocycles. The third-order valence-electron chi connectivity index (χ3n) is 7.34. The molecule has 0 unspecified atom stereocenters. The van der Waals surface area contributed by atoms with Gasteiger partial charge in [0.2, 0.25) is 0 Å². The van der Waals surface area contributed by atoms with Crippen molar-refractivity contribution in [2.24, 2.45) is 0 Å². The summed E-state index contributed by atoms with van der Waals surface area (Å²) in [5.74, 6) is 0.345. The van der Waals surface area contributed by atoms with Gasteiger partial charge in [-0.05, 0) is 32.8 Å². The van der Waals surface area contributed by atoms with Crippen molar-refractivity contribution >= 4 is 28.4 Å². The SMILES string of the molecule is CC1(C)CN(C(=O)Nc2cn[nH]c2-c2cc3c(cn2)c(N2CC(O)C2)nn3CC(F)(F)F)C2(CC2)CN1. The Hall–Kier alpha value is -3.39. The molecule has 37 heavy (non-hydrogen) atoms. The van der Waals surface area contributed by atoms with Crippen molar-refractivity contribution in [1.29, 1.82) is 0 Å². The first kappa shape index (κ1) is 24.0. The minimum Gasteiger partial charge on any atom is -0.389 e. The predicted molar refractivity (Wildman–Crippen MR) is 129 cm³/mol. The van der Waals surface area contributed by atoms with Crippen LogP contribution in [0.3, 0.4) is 0 Å². The third kappa shape index (κ3) is 4.37. The number of fused-ring (bicyclic) bond motifs is 1. The Morgan fingerprint density at radius 3 is 2.70 bits per heavy atom. The summed E-state index contributed by atoms with van der Waals surface area (Å²) >= 11 is 0. The topological polar surface area (TPSA) is 127 Å². The fourth-order valence-electron chi connectivity index (χ4n) is 5.10. The van der Waals surface area contributed by atoms with Gasteiger partial charge in [-0.25, -0.2) is 4.79 Å². The van der Waals surface area contributed by atoms with Crippen LogP contribution in [0.4, 0.5) is 29.5 Å². The quantitative estimate of drug-likeness (QED) is 0.417. The molecule has 3 aliphatic rings. The Bertz CT molecular complexity index is 1360. The lowest BCUT2D eigenvalue weighted by Crippen LogP contribution is -2.65. The van der Waals surface area contributed by atoms with Crippen LogP contribution in [0.15, 0.2) is 18.5 Å². The monoisotopic (exact) mass is 519 g/mol. The highest BCUT2D eigenvalue weighted by atomic mass is 19.4. The van der Waals surface area contributed by atoms with Gasteiger partial charge in [-0.15, -0.1) is 0 Å². The van der Waals surface area contributed by atoms with Gasteiger partial charge in [0.25, 0.3) is 0 Å². The van der Waals surface area contributed by atoms with E-state index in [0.717, 1.165) is 24.1 Å². The van der Waals surface area contributed by atoms with E-state index in [-0.39, 0.29) is 22.6 Å². The first-order valence-electron chi connectivity index (χ1n) is 12.2. The van der Waals surface area contributed by atoms with Crippen molar-refractivity contribution in [3.05, 3.63) is 18.5 Å². The molecule has 6 rings (SSSR count). The average molecular weight is 520 g/mol. The first-order chi connectivity index (χ1) is 17.4. The van der Waals surface area contributed by atoms with Crippen LogP contribution in [0.5, 0.6) is 0 Å². The first-order valence-corrected chi connectivity index (χ1v) is 12.2. The van der Waals surface area contributed by atoms with Crippen LogP contribution in [0.1, 0.15) is 26.7 Å². The van der Waals surface area contributed by atoms with Gasteiger partial charge in [-0.3, -0.25) is 14.8 Å². The van der Waals surface area contributed by atoms with E-state index in [1.54, 1.807) is 4.90 Å². The maximum absolute atomic E-state index is 13.3. The normalized spacial score (nSPS) is 20.9. The number of aliphatic hydroxyl groups is 1. The highest BCUT2D eigenvalue weighted by molar-refractivity contribution is 5.96. The molecule has 0 aromatic carbocycles. The zero-order chi connectivity index (χ0) is 26.2. The number of rotatable bonds is 4. The van der Waals surface area contributed by atoms with E-state index in [1.165, 1.54) is 18.5 Å². The number of carbonyl (C=O) groups excluding carboxylic acids is 1. The molecule has 0 bridgehead atoms. The van der Waals surface area contributed by atoms with Gasteiger partial charge >= 0.3 is 12.2 Å². The number of hydrogen-bond acceptors (Lipinski definition) is 7. The number of nitrogens with one attached hydrogen (secondary N) is 3. The number of halogens is 3. The summed E-state index contributed by atoms with van der Waals surface area (Å²) in [4.78, 5) is 21.4. The zero-order valence-electron chi connectivity index (χ0n) is 20.4. The number of nitrogens with zero attached hydrogens (tertiary/aromatic N) is 6. The standard InChI is InChI=1S/C23H28F3N9O2/c1-21(2)11-34(22(3-4-22)10-28-21)20(37)30-16-7-29-31-18(16)15-5-17-14(6-27-15)19(33-8-13(36)9-33)32-35(17)12-23(24,25)26/h5-7,13,28,36H,3-4,8-12H2,1-2H3,(H,29,31)(H,30,37). The molecule has 11 nitrogen and oxygen atoms in total. The molecule has 3 fully saturated rings. The number of β-amino-alcohol motifs (C(OH)–C–C–N with tert-alkyl or cyclic N) is 1. The number of aromatic amines is 1. The van der Waals surface area contributed by atoms with Crippen LogP contribution >= 0.6 is 0 Å². The van der Waals surface area contributed by atoms with Gasteiger partial charge < -0.3 is 25.5 Å². The minimum absolute atomic E-state index is 0.189. The summed E-state index contributed by atoms with van der Waals surface area (Å²) in [5.41, 5.74) is 0.920.